The first kappa shape index (κ1) is 22.8. The minimum Gasteiger partial charge on any atom is -0.367 e. The Balaban J connectivity index is 0.00000338. The quantitative estimate of drug-likeness (QED) is 0.306. The van der Waals surface area contributed by atoms with Gasteiger partial charge in [0, 0.05) is 31.7 Å². The molecule has 1 aromatic carbocycles. The zero-order chi connectivity index (χ0) is 18.4. The normalized spacial score (nSPS) is 17.8. The molecule has 7 nitrogen and oxygen atoms in total. The molecule has 2 rings (SSSR count). The molecule has 1 atom stereocenters. The molecule has 4 N–H and O–H groups in total. The van der Waals surface area contributed by atoms with Gasteiger partial charge in [-0.3, -0.25) is 4.99 Å². The number of guanidine groups is 1. The highest BCUT2D eigenvalue weighted by Crippen LogP contribution is 2.24. The highest BCUT2D eigenvalue weighted by molar-refractivity contribution is 14.0. The highest BCUT2D eigenvalue weighted by atomic mass is 127. The number of halogens is 3. The number of benzene rings is 1. The zero-order valence-electron chi connectivity index (χ0n) is 14.4. The predicted octanol–water partition coefficient (Wildman–Crippen LogP) is 1.01. The van der Waals surface area contributed by atoms with Gasteiger partial charge in [0.25, 0.3) is 0 Å². The molecule has 0 bridgehead atoms. The van der Waals surface area contributed by atoms with E-state index < -0.39 is 21.7 Å². The standard InChI is InChI=1S/C15H23F2N5O2S.HI/c1-2-19-15(20-6-8-25(18,23)24)21-12-5-7-22(10-12)14-4-3-11(16)9-13(14)17;/h3-4,9,12H,2,5-8,10H2,1H3,(H2,18,23,24)(H2,19,20,21);1H. The lowest BCUT2D eigenvalue weighted by molar-refractivity contribution is 0.580. The van der Waals surface area contributed by atoms with E-state index >= 15 is 0 Å². The third kappa shape index (κ3) is 7.19. The third-order valence-corrected chi connectivity index (χ3v) is 4.52. The molecule has 0 saturated carbocycles. The summed E-state index contributed by atoms with van der Waals surface area (Å²) < 4.78 is 48.8. The molecule has 1 aromatic rings. The van der Waals surface area contributed by atoms with Gasteiger partial charge in [0.1, 0.15) is 11.6 Å². The molecule has 148 valence electrons. The Labute approximate surface area is 169 Å². The Morgan fingerprint density at radius 2 is 2.15 bits per heavy atom. The summed E-state index contributed by atoms with van der Waals surface area (Å²) >= 11 is 0. The van der Waals surface area contributed by atoms with E-state index in [-0.39, 0.29) is 42.3 Å². The molecule has 11 heteroatoms. The Kier molecular flexibility index (Phi) is 8.96. The van der Waals surface area contributed by atoms with Crippen molar-refractivity contribution in [2.45, 2.75) is 19.4 Å². The van der Waals surface area contributed by atoms with E-state index in [0.29, 0.717) is 31.3 Å². The summed E-state index contributed by atoms with van der Waals surface area (Å²) in [5, 5.41) is 11.2. The van der Waals surface area contributed by atoms with Gasteiger partial charge in [-0.1, -0.05) is 0 Å². The number of anilines is 1. The largest absolute Gasteiger partial charge is 0.367 e. The SMILES string of the molecule is CCNC(=NCCS(N)(=O)=O)NC1CCN(c2ccc(F)cc2F)C1.I. The van der Waals surface area contributed by atoms with Gasteiger partial charge in [0.05, 0.1) is 18.0 Å². The van der Waals surface area contributed by atoms with Crippen LogP contribution in [0.3, 0.4) is 0 Å². The summed E-state index contributed by atoms with van der Waals surface area (Å²) in [6, 6.07) is 3.54. The first-order valence-corrected chi connectivity index (χ1v) is 9.75. The first-order chi connectivity index (χ1) is 11.8. The second-order valence-corrected chi connectivity index (χ2v) is 7.53. The Hall–Kier alpha value is -1.21. The average Bonchev–Trinajstić information content (AvgIpc) is 2.94. The topological polar surface area (TPSA) is 99.8 Å². The second-order valence-electron chi connectivity index (χ2n) is 5.80. The van der Waals surface area contributed by atoms with E-state index in [1.807, 2.05) is 11.8 Å². The van der Waals surface area contributed by atoms with Crippen molar-refractivity contribution in [3.05, 3.63) is 29.8 Å². The van der Waals surface area contributed by atoms with Crippen molar-refractivity contribution in [1.29, 1.82) is 0 Å². The number of rotatable bonds is 6. The van der Waals surface area contributed by atoms with E-state index in [2.05, 4.69) is 15.6 Å². The average molecular weight is 503 g/mol. The van der Waals surface area contributed by atoms with Gasteiger partial charge in [0.15, 0.2) is 5.96 Å². The van der Waals surface area contributed by atoms with Crippen molar-refractivity contribution in [2.24, 2.45) is 10.1 Å². The maximum atomic E-state index is 13.9. The summed E-state index contributed by atoms with van der Waals surface area (Å²) in [6.45, 7) is 3.71. The van der Waals surface area contributed by atoms with Gasteiger partial charge in [-0.2, -0.15) is 0 Å². The zero-order valence-corrected chi connectivity index (χ0v) is 17.6. The van der Waals surface area contributed by atoms with Crippen LogP contribution >= 0.6 is 24.0 Å². The van der Waals surface area contributed by atoms with Crippen molar-refractivity contribution < 1.29 is 17.2 Å². The molecular weight excluding hydrogens is 479 g/mol. The lowest BCUT2D eigenvalue weighted by atomic mass is 10.2. The van der Waals surface area contributed by atoms with E-state index in [1.54, 1.807) is 0 Å². The number of nitrogens with two attached hydrogens (primary N) is 1. The fraction of sp³-hybridized carbons (Fsp3) is 0.533. The Morgan fingerprint density at radius 3 is 2.77 bits per heavy atom. The van der Waals surface area contributed by atoms with Gasteiger partial charge in [-0.15, -0.1) is 24.0 Å². The number of aliphatic imine (C=N–C) groups is 1. The third-order valence-electron chi connectivity index (χ3n) is 3.77. The number of sulfonamides is 1. The van der Waals surface area contributed by atoms with Crippen LogP contribution in [0.4, 0.5) is 14.5 Å². The molecule has 0 amide bonds. The maximum Gasteiger partial charge on any atom is 0.210 e. The summed E-state index contributed by atoms with van der Waals surface area (Å²) in [6.07, 6.45) is 0.746. The van der Waals surface area contributed by atoms with Crippen LogP contribution < -0.4 is 20.7 Å². The molecule has 0 aliphatic carbocycles. The van der Waals surface area contributed by atoms with Crippen LogP contribution in [0.1, 0.15) is 13.3 Å². The number of nitrogens with zero attached hydrogens (tertiary/aromatic N) is 2. The highest BCUT2D eigenvalue weighted by Gasteiger charge is 2.25. The molecule has 0 radical (unpaired) electrons. The minimum atomic E-state index is -3.56. The lowest BCUT2D eigenvalue weighted by Crippen LogP contribution is -2.45. The summed E-state index contributed by atoms with van der Waals surface area (Å²) in [4.78, 5) is 6.02. The van der Waals surface area contributed by atoms with E-state index in [1.165, 1.54) is 12.1 Å². The van der Waals surface area contributed by atoms with Crippen LogP contribution in [0.25, 0.3) is 0 Å². The van der Waals surface area contributed by atoms with Gasteiger partial charge >= 0.3 is 0 Å². The second kappa shape index (κ2) is 10.2. The summed E-state index contributed by atoms with van der Waals surface area (Å²) in [5.74, 6) is -0.945. The predicted molar refractivity (Wildman–Crippen MR) is 109 cm³/mol. The van der Waals surface area contributed by atoms with Crippen LogP contribution in [-0.2, 0) is 10.0 Å². The fourth-order valence-electron chi connectivity index (χ4n) is 2.63. The van der Waals surface area contributed by atoms with Crippen molar-refractivity contribution in [1.82, 2.24) is 10.6 Å². The molecule has 1 aliphatic rings. The summed E-state index contributed by atoms with van der Waals surface area (Å²) in [7, 11) is -3.56. The first-order valence-electron chi connectivity index (χ1n) is 8.04. The summed E-state index contributed by atoms with van der Waals surface area (Å²) in [5.41, 5.74) is 0.363. The molecule has 1 heterocycles. The van der Waals surface area contributed by atoms with Crippen molar-refractivity contribution >= 4 is 45.6 Å². The molecule has 1 unspecified atom stereocenters. The fourth-order valence-corrected chi connectivity index (χ4v) is 2.98. The Morgan fingerprint density at radius 1 is 1.42 bits per heavy atom. The van der Waals surface area contributed by atoms with Crippen LogP contribution in [0.2, 0.25) is 0 Å². The molecule has 0 aromatic heterocycles. The molecule has 1 aliphatic heterocycles. The van der Waals surface area contributed by atoms with Crippen molar-refractivity contribution in [2.75, 3.05) is 36.8 Å². The molecular formula is C15H24F2IN5O2S. The molecule has 26 heavy (non-hydrogen) atoms. The minimum absolute atomic E-state index is 0. The van der Waals surface area contributed by atoms with E-state index in [4.69, 9.17) is 5.14 Å². The molecule has 0 spiro atoms. The molecule has 1 fully saturated rings. The Bertz CT molecular complexity index is 733. The maximum absolute atomic E-state index is 13.9. The monoisotopic (exact) mass is 503 g/mol. The van der Waals surface area contributed by atoms with Crippen LogP contribution in [0.15, 0.2) is 23.2 Å². The van der Waals surface area contributed by atoms with E-state index in [9.17, 15) is 17.2 Å². The number of hydrogen-bond donors (Lipinski definition) is 3. The van der Waals surface area contributed by atoms with Crippen LogP contribution in [0, 0.1) is 11.6 Å². The molecule has 1 saturated heterocycles. The lowest BCUT2D eigenvalue weighted by Gasteiger charge is -2.21. The van der Waals surface area contributed by atoms with Crippen LogP contribution in [-0.4, -0.2) is 52.4 Å². The van der Waals surface area contributed by atoms with Crippen LogP contribution in [0.5, 0.6) is 0 Å². The number of primary sulfonamides is 1. The van der Waals surface area contributed by atoms with E-state index in [0.717, 1.165) is 12.5 Å². The van der Waals surface area contributed by atoms with Gasteiger partial charge in [-0.05, 0) is 25.5 Å². The smallest absolute Gasteiger partial charge is 0.210 e. The van der Waals surface area contributed by atoms with Gasteiger partial charge < -0.3 is 15.5 Å². The van der Waals surface area contributed by atoms with Gasteiger partial charge in [-0.25, -0.2) is 22.3 Å². The number of hydrogen-bond acceptors (Lipinski definition) is 4. The van der Waals surface area contributed by atoms with Crippen molar-refractivity contribution in [3.8, 4) is 0 Å². The van der Waals surface area contributed by atoms with Gasteiger partial charge in [0.2, 0.25) is 10.0 Å². The number of nitrogens with one attached hydrogen (secondary N) is 2. The van der Waals surface area contributed by atoms with Crippen molar-refractivity contribution in [3.63, 3.8) is 0 Å².